The smallest absolute Gasteiger partial charge is 0.338 e. The zero-order valence-corrected chi connectivity index (χ0v) is 9.54. The molecule has 2 aromatic heterocycles. The second-order valence-electron chi connectivity index (χ2n) is 3.29. The van der Waals surface area contributed by atoms with E-state index in [2.05, 4.69) is 15.0 Å². The second-order valence-corrected chi connectivity index (χ2v) is 4.27. The lowest BCUT2D eigenvalue weighted by atomic mass is 10.2. The minimum atomic E-state index is -0.965. The van der Waals surface area contributed by atoms with Crippen molar-refractivity contribution in [2.45, 2.75) is 6.42 Å². The Hall–Kier alpha value is -1.56. The number of aromatic carboxylic acids is 1. The van der Waals surface area contributed by atoms with E-state index in [1.807, 2.05) is 6.26 Å². The summed E-state index contributed by atoms with van der Waals surface area (Å²) in [6.45, 7) is 0. The Bertz CT molecular complexity index is 524. The van der Waals surface area contributed by atoms with Crippen molar-refractivity contribution in [3.8, 4) is 0 Å². The molecular formula is C10H11N3O2S. The minimum Gasteiger partial charge on any atom is -0.478 e. The van der Waals surface area contributed by atoms with Crippen LogP contribution in [-0.4, -0.2) is 38.0 Å². The molecule has 2 rings (SSSR count). The van der Waals surface area contributed by atoms with Crippen LogP contribution in [0.1, 0.15) is 16.2 Å². The molecule has 84 valence electrons. The predicted octanol–water partition coefficient (Wildman–Crippen LogP) is 1.56. The van der Waals surface area contributed by atoms with Crippen molar-refractivity contribution in [1.29, 1.82) is 0 Å². The molecule has 0 saturated heterocycles. The molecule has 0 unspecified atom stereocenters. The first kappa shape index (κ1) is 10.9. The molecule has 2 aromatic rings. The summed E-state index contributed by atoms with van der Waals surface area (Å²) in [7, 11) is 0. The fraction of sp³-hybridized carbons (Fsp3) is 0.300. The molecule has 0 bridgehead atoms. The average molecular weight is 237 g/mol. The lowest BCUT2D eigenvalue weighted by molar-refractivity contribution is 0.0699. The van der Waals surface area contributed by atoms with Crippen LogP contribution in [0, 0.1) is 0 Å². The molecule has 0 saturated carbocycles. The van der Waals surface area contributed by atoms with Crippen LogP contribution in [0.2, 0.25) is 0 Å². The lowest BCUT2D eigenvalue weighted by Gasteiger charge is -1.94. The number of aromatic nitrogens is 3. The van der Waals surface area contributed by atoms with E-state index in [-0.39, 0.29) is 5.56 Å². The summed E-state index contributed by atoms with van der Waals surface area (Å²) in [6.07, 6.45) is 4.27. The maximum absolute atomic E-state index is 11.0. The molecule has 0 aromatic carbocycles. The van der Waals surface area contributed by atoms with E-state index in [0.29, 0.717) is 11.2 Å². The highest BCUT2D eigenvalue weighted by molar-refractivity contribution is 7.98. The van der Waals surface area contributed by atoms with Gasteiger partial charge in [0.1, 0.15) is 5.82 Å². The Labute approximate surface area is 96.3 Å². The molecule has 6 heteroatoms. The van der Waals surface area contributed by atoms with Gasteiger partial charge in [-0.05, 0) is 12.3 Å². The fourth-order valence-electron chi connectivity index (χ4n) is 1.45. The van der Waals surface area contributed by atoms with Crippen molar-refractivity contribution in [2.75, 3.05) is 12.0 Å². The fourth-order valence-corrected chi connectivity index (χ4v) is 1.85. The van der Waals surface area contributed by atoms with E-state index < -0.39 is 5.97 Å². The van der Waals surface area contributed by atoms with Crippen LogP contribution in [0.25, 0.3) is 11.2 Å². The summed E-state index contributed by atoms with van der Waals surface area (Å²) in [6, 6.07) is 1.47. The Morgan fingerprint density at radius 3 is 3.12 bits per heavy atom. The molecule has 0 aliphatic carbocycles. The Balaban J connectivity index is 2.44. The normalized spacial score (nSPS) is 10.8. The van der Waals surface area contributed by atoms with Crippen molar-refractivity contribution in [1.82, 2.24) is 15.0 Å². The number of carbonyl (C=O) groups is 1. The van der Waals surface area contributed by atoms with Gasteiger partial charge in [-0.2, -0.15) is 11.8 Å². The van der Waals surface area contributed by atoms with Gasteiger partial charge in [0.2, 0.25) is 0 Å². The largest absolute Gasteiger partial charge is 0.478 e. The van der Waals surface area contributed by atoms with Gasteiger partial charge in [0, 0.05) is 18.4 Å². The number of hydrogen-bond donors (Lipinski definition) is 2. The van der Waals surface area contributed by atoms with E-state index >= 15 is 0 Å². The van der Waals surface area contributed by atoms with Crippen LogP contribution >= 0.6 is 11.8 Å². The number of H-pyrrole nitrogens is 1. The number of carboxylic acid groups (broad SMARTS) is 1. The van der Waals surface area contributed by atoms with Crippen LogP contribution in [-0.2, 0) is 6.42 Å². The van der Waals surface area contributed by atoms with Gasteiger partial charge in [0.25, 0.3) is 0 Å². The number of nitrogens with zero attached hydrogens (tertiary/aromatic N) is 2. The number of hydrogen-bond acceptors (Lipinski definition) is 4. The van der Waals surface area contributed by atoms with Crippen molar-refractivity contribution in [2.24, 2.45) is 0 Å². The van der Waals surface area contributed by atoms with Crippen molar-refractivity contribution < 1.29 is 9.90 Å². The maximum Gasteiger partial charge on any atom is 0.338 e. The van der Waals surface area contributed by atoms with Crippen LogP contribution in [0.4, 0.5) is 0 Å². The summed E-state index contributed by atoms with van der Waals surface area (Å²) in [5, 5.41) is 8.99. The quantitative estimate of drug-likeness (QED) is 0.843. The summed E-state index contributed by atoms with van der Waals surface area (Å²) in [5.41, 5.74) is 1.19. The number of aromatic amines is 1. The van der Waals surface area contributed by atoms with Crippen LogP contribution in [0.15, 0.2) is 12.3 Å². The molecular weight excluding hydrogens is 226 g/mol. The van der Waals surface area contributed by atoms with Gasteiger partial charge < -0.3 is 10.1 Å². The molecule has 0 atom stereocenters. The monoisotopic (exact) mass is 237 g/mol. The zero-order valence-electron chi connectivity index (χ0n) is 8.73. The topological polar surface area (TPSA) is 78.9 Å². The van der Waals surface area contributed by atoms with E-state index in [1.165, 1.54) is 12.3 Å². The van der Waals surface area contributed by atoms with Gasteiger partial charge in [-0.15, -0.1) is 0 Å². The molecule has 0 radical (unpaired) electrons. The number of carboxylic acids is 1. The molecule has 2 heterocycles. The molecule has 2 N–H and O–H groups in total. The van der Waals surface area contributed by atoms with Crippen LogP contribution < -0.4 is 0 Å². The number of aryl methyl sites for hydroxylation is 1. The Kier molecular flexibility index (Phi) is 3.09. The van der Waals surface area contributed by atoms with Gasteiger partial charge in [-0.3, -0.25) is 0 Å². The molecule has 5 nitrogen and oxygen atoms in total. The lowest BCUT2D eigenvalue weighted by Crippen LogP contribution is -1.97. The molecule has 0 aliphatic rings. The highest BCUT2D eigenvalue weighted by Gasteiger charge is 2.12. The van der Waals surface area contributed by atoms with Crippen molar-refractivity contribution in [3.63, 3.8) is 0 Å². The number of pyridine rings is 1. The van der Waals surface area contributed by atoms with Crippen LogP contribution in [0.3, 0.4) is 0 Å². The third-order valence-corrected chi connectivity index (χ3v) is 2.83. The number of fused-ring (bicyclic) bond motifs is 1. The number of nitrogens with one attached hydrogen (secondary N) is 1. The first-order valence-corrected chi connectivity index (χ1v) is 6.17. The van der Waals surface area contributed by atoms with E-state index in [9.17, 15) is 4.79 Å². The summed E-state index contributed by atoms with van der Waals surface area (Å²) >= 11 is 1.72. The van der Waals surface area contributed by atoms with Crippen LogP contribution in [0.5, 0.6) is 0 Å². The number of imidazole rings is 1. The minimum absolute atomic E-state index is 0.216. The molecule has 0 spiro atoms. The number of rotatable bonds is 4. The second kappa shape index (κ2) is 4.52. The van der Waals surface area contributed by atoms with E-state index in [1.54, 1.807) is 11.8 Å². The zero-order chi connectivity index (χ0) is 11.5. The maximum atomic E-state index is 11.0. The standard InChI is InChI=1S/C10H11N3O2S/c1-16-5-3-7-12-8-6(10(14)15)2-4-11-9(8)13-7/h2,4H,3,5H2,1H3,(H,14,15)(H,11,12,13). The third-order valence-electron chi connectivity index (χ3n) is 2.21. The molecule has 0 amide bonds. The highest BCUT2D eigenvalue weighted by atomic mass is 32.2. The summed E-state index contributed by atoms with van der Waals surface area (Å²) in [4.78, 5) is 22.3. The van der Waals surface area contributed by atoms with Gasteiger partial charge >= 0.3 is 5.97 Å². The summed E-state index contributed by atoms with van der Waals surface area (Å²) in [5.74, 6) is 0.764. The molecule has 0 aliphatic heterocycles. The van der Waals surface area contributed by atoms with Gasteiger partial charge in [0.05, 0.1) is 11.1 Å². The Morgan fingerprint density at radius 1 is 1.62 bits per heavy atom. The molecule has 0 fully saturated rings. The van der Waals surface area contributed by atoms with E-state index in [4.69, 9.17) is 5.11 Å². The third kappa shape index (κ3) is 2.01. The van der Waals surface area contributed by atoms with Crippen molar-refractivity contribution >= 4 is 28.9 Å². The average Bonchev–Trinajstić information content (AvgIpc) is 2.68. The first-order valence-electron chi connectivity index (χ1n) is 4.78. The predicted molar refractivity (Wildman–Crippen MR) is 62.9 cm³/mol. The molecule has 16 heavy (non-hydrogen) atoms. The van der Waals surface area contributed by atoms with Gasteiger partial charge in [-0.25, -0.2) is 14.8 Å². The van der Waals surface area contributed by atoms with Gasteiger partial charge in [-0.1, -0.05) is 0 Å². The van der Waals surface area contributed by atoms with Crippen molar-refractivity contribution in [3.05, 3.63) is 23.7 Å². The van der Waals surface area contributed by atoms with E-state index in [0.717, 1.165) is 18.0 Å². The van der Waals surface area contributed by atoms with Gasteiger partial charge in [0.15, 0.2) is 5.65 Å². The number of thioether (sulfide) groups is 1. The first-order chi connectivity index (χ1) is 7.72. The summed E-state index contributed by atoms with van der Waals surface area (Å²) < 4.78 is 0. The Morgan fingerprint density at radius 2 is 2.44 bits per heavy atom. The highest BCUT2D eigenvalue weighted by Crippen LogP contribution is 2.14. The SMILES string of the molecule is CSCCc1nc2nccc(C(=O)O)c2[nH]1.